The van der Waals surface area contributed by atoms with Crippen LogP contribution in [0.4, 0.5) is 0 Å². The lowest BCUT2D eigenvalue weighted by Gasteiger charge is -2.29. The van der Waals surface area contributed by atoms with Gasteiger partial charge in [-0.15, -0.1) is 0 Å². The summed E-state index contributed by atoms with van der Waals surface area (Å²) in [4.78, 5) is 5.11. The summed E-state index contributed by atoms with van der Waals surface area (Å²) in [6.45, 7) is 0. The second-order valence-electron chi connectivity index (χ2n) is 9.21. The monoisotopic (exact) mass is 477 g/mol. The lowest BCUT2D eigenvalue weighted by Crippen LogP contribution is -2.25. The molecule has 0 bridgehead atoms. The van der Waals surface area contributed by atoms with Gasteiger partial charge in [0.1, 0.15) is 12.1 Å². The first kappa shape index (κ1) is 23.7. The minimum Gasteiger partial charge on any atom is -0.386 e. The first-order valence-electron chi connectivity index (χ1n) is 12.5. The highest BCUT2D eigenvalue weighted by Gasteiger charge is 2.35. The van der Waals surface area contributed by atoms with E-state index in [0.717, 1.165) is 17.5 Å². The summed E-state index contributed by atoms with van der Waals surface area (Å²) in [6.07, 6.45) is 5.08. The van der Waals surface area contributed by atoms with Crippen LogP contribution in [0.15, 0.2) is 126 Å². The van der Waals surface area contributed by atoms with E-state index in [1.807, 2.05) is 48.5 Å². The number of aliphatic hydroxyl groups is 1. The van der Waals surface area contributed by atoms with Gasteiger partial charge in [-0.05, 0) is 48.2 Å². The third-order valence-electron chi connectivity index (χ3n) is 6.95. The molecule has 4 aromatic rings. The topological polar surface area (TPSA) is 32.6 Å². The Morgan fingerprint density at radius 3 is 1.69 bits per heavy atom. The van der Waals surface area contributed by atoms with Crippen LogP contribution in [0.1, 0.15) is 42.5 Å². The highest BCUT2D eigenvalue weighted by Crippen LogP contribution is 2.49. The minimum absolute atomic E-state index is 0.320. The number of hydrogen-bond donors (Lipinski definition) is 1. The predicted molar refractivity (Wildman–Crippen MR) is 149 cm³/mol. The van der Waals surface area contributed by atoms with Gasteiger partial charge in [-0.25, -0.2) is 0 Å². The number of aliphatic hydroxyl groups excluding tert-OH is 1. The number of nitrogens with zero attached hydrogens (tertiary/aromatic N) is 1. The molecule has 4 aromatic carbocycles. The summed E-state index contributed by atoms with van der Waals surface area (Å²) in [5.41, 5.74) is 2.49. The average molecular weight is 478 g/mol. The standard InChI is InChI=1S/C32H32NOP/c34-32(26-16-7-2-8-17-26)31(25-14-5-1-6-15-25)33-24-27-18-13-23-30(27)35(28-19-9-3-10-20-28)29-21-11-4-12-22-29/h1-12,14-17,19-22,24,27,30-32,34H,13,18,23H2/t27?,30?,31-,32-/m0/s1. The van der Waals surface area contributed by atoms with Gasteiger partial charge in [0, 0.05) is 12.1 Å². The van der Waals surface area contributed by atoms with E-state index in [2.05, 4.69) is 79.0 Å². The van der Waals surface area contributed by atoms with Crippen molar-refractivity contribution in [1.29, 1.82) is 0 Å². The van der Waals surface area contributed by atoms with Crippen molar-refractivity contribution in [3.63, 3.8) is 0 Å². The Balaban J connectivity index is 1.47. The highest BCUT2D eigenvalue weighted by molar-refractivity contribution is 7.73. The third-order valence-corrected chi connectivity index (χ3v) is 9.96. The summed E-state index contributed by atoms with van der Waals surface area (Å²) in [5, 5.41) is 14.2. The zero-order valence-electron chi connectivity index (χ0n) is 19.9. The fourth-order valence-corrected chi connectivity index (χ4v) is 8.31. The third kappa shape index (κ3) is 5.61. The van der Waals surface area contributed by atoms with Crippen LogP contribution in [0.2, 0.25) is 0 Å². The van der Waals surface area contributed by atoms with Crippen LogP contribution in [0.3, 0.4) is 0 Å². The summed E-state index contributed by atoms with van der Waals surface area (Å²) < 4.78 is 0. The smallest absolute Gasteiger partial charge is 0.105 e. The number of benzene rings is 4. The van der Waals surface area contributed by atoms with E-state index < -0.39 is 14.0 Å². The van der Waals surface area contributed by atoms with Gasteiger partial charge < -0.3 is 5.11 Å². The maximum absolute atomic E-state index is 11.3. The zero-order valence-corrected chi connectivity index (χ0v) is 20.8. The van der Waals surface area contributed by atoms with E-state index in [9.17, 15) is 5.11 Å². The van der Waals surface area contributed by atoms with Gasteiger partial charge in [0.15, 0.2) is 0 Å². The van der Waals surface area contributed by atoms with Gasteiger partial charge in [0.25, 0.3) is 0 Å². The van der Waals surface area contributed by atoms with Gasteiger partial charge in [-0.3, -0.25) is 4.99 Å². The molecule has 2 unspecified atom stereocenters. The maximum Gasteiger partial charge on any atom is 0.105 e. The molecule has 2 nitrogen and oxygen atoms in total. The molecule has 0 saturated heterocycles. The van der Waals surface area contributed by atoms with Crippen molar-refractivity contribution in [3.8, 4) is 0 Å². The Morgan fingerprint density at radius 1 is 0.657 bits per heavy atom. The second kappa shape index (κ2) is 11.6. The number of aliphatic imine (C=N–C) groups is 1. The molecule has 1 N–H and O–H groups in total. The Labute approximate surface area is 210 Å². The molecule has 4 atom stereocenters. The summed E-state index contributed by atoms with van der Waals surface area (Å²) in [5.74, 6) is 0.399. The van der Waals surface area contributed by atoms with Gasteiger partial charge in [-0.1, -0.05) is 128 Å². The molecule has 176 valence electrons. The number of rotatable bonds is 8. The molecule has 0 heterocycles. The maximum atomic E-state index is 11.3. The van der Waals surface area contributed by atoms with Crippen molar-refractivity contribution in [2.45, 2.75) is 37.1 Å². The van der Waals surface area contributed by atoms with Crippen LogP contribution >= 0.6 is 7.92 Å². The normalized spacial score (nSPS) is 19.7. The quantitative estimate of drug-likeness (QED) is 0.219. The molecule has 1 aliphatic carbocycles. The van der Waals surface area contributed by atoms with E-state index in [4.69, 9.17) is 4.99 Å². The molecule has 1 saturated carbocycles. The van der Waals surface area contributed by atoms with Crippen molar-refractivity contribution in [1.82, 2.24) is 0 Å². The predicted octanol–water partition coefficient (Wildman–Crippen LogP) is 6.83. The van der Waals surface area contributed by atoms with Crippen LogP contribution in [0.25, 0.3) is 0 Å². The molecule has 1 fully saturated rings. The first-order chi connectivity index (χ1) is 17.3. The Kier molecular flexibility index (Phi) is 7.83. The summed E-state index contributed by atoms with van der Waals surface area (Å²) in [7, 11) is -0.489. The molecule has 1 aliphatic rings. The summed E-state index contributed by atoms with van der Waals surface area (Å²) in [6, 6.07) is 41.8. The molecule has 0 amide bonds. The SMILES string of the molecule is O[C@@H](c1ccccc1)[C@@H](N=CC1CCCC1P(c1ccccc1)c1ccccc1)c1ccccc1. The van der Waals surface area contributed by atoms with Gasteiger partial charge in [0.2, 0.25) is 0 Å². The first-order valence-corrected chi connectivity index (χ1v) is 13.9. The summed E-state index contributed by atoms with van der Waals surface area (Å²) >= 11 is 0. The van der Waals surface area contributed by atoms with E-state index in [1.54, 1.807) is 0 Å². The van der Waals surface area contributed by atoms with Gasteiger partial charge >= 0.3 is 0 Å². The van der Waals surface area contributed by atoms with Crippen LogP contribution in [-0.4, -0.2) is 17.0 Å². The molecule has 35 heavy (non-hydrogen) atoms. The molecule has 3 heteroatoms. The molecule has 5 rings (SSSR count). The molecular formula is C32H32NOP. The molecule has 0 radical (unpaired) electrons. The van der Waals surface area contributed by atoms with Crippen LogP contribution in [0, 0.1) is 5.92 Å². The fourth-order valence-electron chi connectivity index (χ4n) is 5.21. The molecular weight excluding hydrogens is 445 g/mol. The van der Waals surface area contributed by atoms with Crippen molar-refractivity contribution in [3.05, 3.63) is 132 Å². The van der Waals surface area contributed by atoms with E-state index in [1.165, 1.54) is 23.5 Å². The zero-order chi connectivity index (χ0) is 23.9. The molecule has 0 spiro atoms. The van der Waals surface area contributed by atoms with Crippen LogP contribution in [0.5, 0.6) is 0 Å². The largest absolute Gasteiger partial charge is 0.386 e. The van der Waals surface area contributed by atoms with E-state index in [-0.39, 0.29) is 6.04 Å². The van der Waals surface area contributed by atoms with Crippen molar-refractivity contribution >= 4 is 24.7 Å². The Hall–Kier alpha value is -3.06. The lowest BCUT2D eigenvalue weighted by molar-refractivity contribution is 0.148. The van der Waals surface area contributed by atoms with Crippen LogP contribution in [-0.2, 0) is 0 Å². The van der Waals surface area contributed by atoms with Crippen molar-refractivity contribution in [2.75, 3.05) is 0 Å². The average Bonchev–Trinajstić information content (AvgIpc) is 3.39. The minimum atomic E-state index is -0.681. The lowest BCUT2D eigenvalue weighted by atomic mass is 9.96. The molecule has 0 aromatic heterocycles. The van der Waals surface area contributed by atoms with Gasteiger partial charge in [-0.2, -0.15) is 0 Å². The van der Waals surface area contributed by atoms with Crippen molar-refractivity contribution in [2.24, 2.45) is 10.9 Å². The van der Waals surface area contributed by atoms with E-state index >= 15 is 0 Å². The van der Waals surface area contributed by atoms with Crippen LogP contribution < -0.4 is 10.6 Å². The van der Waals surface area contributed by atoms with E-state index in [0.29, 0.717) is 11.6 Å². The second-order valence-corrected chi connectivity index (χ2v) is 11.6. The Morgan fingerprint density at radius 2 is 1.14 bits per heavy atom. The fraction of sp³-hybridized carbons (Fsp3) is 0.219. The number of hydrogen-bond acceptors (Lipinski definition) is 2. The Bertz CT molecular complexity index is 1160. The molecule has 0 aliphatic heterocycles. The van der Waals surface area contributed by atoms with Gasteiger partial charge in [0.05, 0.1) is 0 Å². The van der Waals surface area contributed by atoms with Crippen molar-refractivity contribution < 1.29 is 5.11 Å². The highest BCUT2D eigenvalue weighted by atomic mass is 31.1.